The lowest BCUT2D eigenvalue weighted by Crippen LogP contribution is -2.34. The van der Waals surface area contributed by atoms with E-state index < -0.39 is 18.8 Å². The quantitative estimate of drug-likeness (QED) is 0.736. The minimum Gasteiger partial charge on any atom is -0.395 e. The fourth-order valence-electron chi connectivity index (χ4n) is 2.29. The molecule has 0 aliphatic carbocycles. The first-order valence-electron chi connectivity index (χ1n) is 7.17. The van der Waals surface area contributed by atoms with Gasteiger partial charge in [-0.2, -0.15) is 0 Å². The molecule has 0 heterocycles. The van der Waals surface area contributed by atoms with E-state index in [9.17, 15) is 13.2 Å². The minimum atomic E-state index is -2.55. The number of rotatable bonds is 9. The van der Waals surface area contributed by atoms with Gasteiger partial charge in [-0.3, -0.25) is 0 Å². The number of aliphatic hydroxyl groups excluding tert-OH is 1. The fraction of sp³-hybridized carbons (Fsp3) is 0.600. The van der Waals surface area contributed by atoms with Crippen LogP contribution in [0.15, 0.2) is 18.2 Å². The minimum absolute atomic E-state index is 0.0429. The molecule has 2 N–H and O–H groups in total. The van der Waals surface area contributed by atoms with E-state index in [2.05, 4.69) is 5.32 Å². The number of nitrogens with zero attached hydrogens (tertiary/aromatic N) is 1. The van der Waals surface area contributed by atoms with Gasteiger partial charge in [-0.05, 0) is 32.0 Å². The summed E-state index contributed by atoms with van der Waals surface area (Å²) in [5.74, 6) is -0.430. The highest BCUT2D eigenvalue weighted by Crippen LogP contribution is 2.29. The third kappa shape index (κ3) is 5.21. The van der Waals surface area contributed by atoms with Crippen molar-refractivity contribution in [3.8, 4) is 0 Å². The summed E-state index contributed by atoms with van der Waals surface area (Å²) >= 11 is 0. The largest absolute Gasteiger partial charge is 0.395 e. The summed E-state index contributed by atoms with van der Waals surface area (Å²) < 4.78 is 39.5. The number of aliphatic hydroxyl groups is 1. The molecule has 0 aromatic heterocycles. The molecule has 1 unspecified atom stereocenters. The van der Waals surface area contributed by atoms with Crippen molar-refractivity contribution in [2.75, 3.05) is 31.1 Å². The van der Waals surface area contributed by atoms with E-state index in [1.807, 2.05) is 6.92 Å². The molecule has 0 aliphatic rings. The van der Waals surface area contributed by atoms with Gasteiger partial charge in [0.2, 0.25) is 0 Å². The Morgan fingerprint density at radius 2 is 2.05 bits per heavy atom. The van der Waals surface area contributed by atoms with Crippen LogP contribution in [0, 0.1) is 5.82 Å². The molecule has 3 nitrogen and oxygen atoms in total. The molecule has 0 radical (unpaired) electrons. The molecule has 0 saturated carbocycles. The van der Waals surface area contributed by atoms with Crippen LogP contribution in [0.3, 0.4) is 0 Å². The van der Waals surface area contributed by atoms with Crippen LogP contribution in [-0.4, -0.2) is 37.8 Å². The van der Waals surface area contributed by atoms with E-state index in [1.165, 1.54) is 17.0 Å². The van der Waals surface area contributed by atoms with Crippen molar-refractivity contribution in [1.82, 2.24) is 5.32 Å². The zero-order valence-electron chi connectivity index (χ0n) is 12.5. The monoisotopic (exact) mass is 304 g/mol. The summed E-state index contributed by atoms with van der Waals surface area (Å²) in [5.41, 5.74) is 0.764. The van der Waals surface area contributed by atoms with Crippen molar-refractivity contribution < 1.29 is 18.3 Å². The zero-order valence-corrected chi connectivity index (χ0v) is 12.5. The van der Waals surface area contributed by atoms with E-state index in [0.29, 0.717) is 17.8 Å². The lowest BCUT2D eigenvalue weighted by molar-refractivity contribution is 0.152. The van der Waals surface area contributed by atoms with Crippen LogP contribution in [0.2, 0.25) is 0 Å². The average Bonchev–Trinajstić information content (AvgIpc) is 2.43. The maximum atomic E-state index is 14.1. The predicted molar refractivity (Wildman–Crippen MR) is 78.4 cm³/mol. The predicted octanol–water partition coefficient (Wildman–Crippen LogP) is 2.95. The molecule has 6 heteroatoms. The van der Waals surface area contributed by atoms with Gasteiger partial charge in [0.05, 0.1) is 13.2 Å². The van der Waals surface area contributed by atoms with Crippen molar-refractivity contribution in [2.24, 2.45) is 0 Å². The lowest BCUT2D eigenvalue weighted by Gasteiger charge is -2.28. The summed E-state index contributed by atoms with van der Waals surface area (Å²) in [4.78, 5) is 1.33. The summed E-state index contributed by atoms with van der Waals surface area (Å²) in [7, 11) is 0. The highest BCUT2D eigenvalue weighted by Gasteiger charge is 2.21. The number of hydrogen-bond donors (Lipinski definition) is 2. The molecule has 1 aromatic rings. The molecule has 0 saturated heterocycles. The Balaban J connectivity index is 3.10. The Hall–Kier alpha value is -1.27. The molecule has 0 amide bonds. The van der Waals surface area contributed by atoms with E-state index in [1.54, 1.807) is 13.0 Å². The van der Waals surface area contributed by atoms with Gasteiger partial charge in [-0.25, -0.2) is 13.2 Å². The van der Waals surface area contributed by atoms with Crippen LogP contribution in [0.1, 0.15) is 31.9 Å². The van der Waals surface area contributed by atoms with Crippen molar-refractivity contribution in [1.29, 1.82) is 0 Å². The molecule has 1 rings (SSSR count). The van der Waals surface area contributed by atoms with Crippen LogP contribution in [0.5, 0.6) is 0 Å². The Morgan fingerprint density at radius 3 is 2.62 bits per heavy atom. The molecule has 0 aliphatic heterocycles. The molecule has 0 fully saturated rings. The van der Waals surface area contributed by atoms with Crippen LogP contribution in [-0.2, 0) is 0 Å². The summed E-state index contributed by atoms with van der Waals surface area (Å²) in [6.07, 6.45) is -1.66. The van der Waals surface area contributed by atoms with Gasteiger partial charge in [-0.15, -0.1) is 0 Å². The van der Waals surface area contributed by atoms with Crippen LogP contribution in [0.4, 0.5) is 18.9 Å². The van der Waals surface area contributed by atoms with Gasteiger partial charge in [0, 0.05) is 23.8 Å². The molecule has 1 aromatic carbocycles. The van der Waals surface area contributed by atoms with Gasteiger partial charge in [0.1, 0.15) is 5.82 Å². The van der Waals surface area contributed by atoms with Gasteiger partial charge < -0.3 is 15.3 Å². The van der Waals surface area contributed by atoms with Crippen molar-refractivity contribution in [3.63, 3.8) is 0 Å². The van der Waals surface area contributed by atoms with Crippen LogP contribution in [0.25, 0.3) is 0 Å². The molecular weight excluding hydrogens is 281 g/mol. The second-order valence-electron chi connectivity index (χ2n) is 4.91. The van der Waals surface area contributed by atoms with Crippen molar-refractivity contribution in [2.45, 2.75) is 32.7 Å². The standard InChI is InChI=1S/C15H23F3N2O/c1-3-7-19-11(2)15-12(16)5-4-6-13(15)20(8-9-21)10-14(17)18/h4-6,11,14,19,21H,3,7-10H2,1-2H3. The molecule has 0 spiro atoms. The molecule has 21 heavy (non-hydrogen) atoms. The first kappa shape index (κ1) is 17.8. The number of hydrogen-bond acceptors (Lipinski definition) is 3. The highest BCUT2D eigenvalue weighted by molar-refractivity contribution is 5.55. The number of benzene rings is 1. The van der Waals surface area contributed by atoms with Gasteiger partial charge in [0.15, 0.2) is 0 Å². The fourth-order valence-corrected chi connectivity index (χ4v) is 2.29. The van der Waals surface area contributed by atoms with E-state index in [0.717, 1.165) is 6.42 Å². The zero-order chi connectivity index (χ0) is 15.8. The maximum Gasteiger partial charge on any atom is 0.255 e. The second kappa shape index (κ2) is 8.89. The van der Waals surface area contributed by atoms with Crippen LogP contribution >= 0.6 is 0 Å². The van der Waals surface area contributed by atoms with Gasteiger partial charge >= 0.3 is 0 Å². The molecule has 1 atom stereocenters. The van der Waals surface area contributed by atoms with Crippen LogP contribution < -0.4 is 10.2 Å². The summed E-state index contributed by atoms with van der Waals surface area (Å²) in [5, 5.41) is 12.2. The van der Waals surface area contributed by atoms with E-state index in [4.69, 9.17) is 5.11 Å². The average molecular weight is 304 g/mol. The molecular formula is C15H23F3N2O. The SMILES string of the molecule is CCCNC(C)c1c(F)cccc1N(CCO)CC(F)F. The number of halogens is 3. The van der Waals surface area contributed by atoms with E-state index in [-0.39, 0.29) is 19.2 Å². The highest BCUT2D eigenvalue weighted by atomic mass is 19.3. The van der Waals surface area contributed by atoms with Gasteiger partial charge in [-0.1, -0.05) is 13.0 Å². The normalized spacial score (nSPS) is 12.7. The number of alkyl halides is 2. The number of anilines is 1. The Kier molecular flexibility index (Phi) is 7.53. The first-order chi connectivity index (χ1) is 10.0. The lowest BCUT2D eigenvalue weighted by atomic mass is 10.0. The van der Waals surface area contributed by atoms with Gasteiger partial charge in [0.25, 0.3) is 6.43 Å². The Morgan fingerprint density at radius 1 is 1.33 bits per heavy atom. The Bertz CT molecular complexity index is 429. The third-order valence-corrected chi connectivity index (χ3v) is 3.23. The van der Waals surface area contributed by atoms with Crippen molar-refractivity contribution >= 4 is 5.69 Å². The summed E-state index contributed by atoms with van der Waals surface area (Å²) in [6.45, 7) is 3.76. The molecule has 0 bridgehead atoms. The first-order valence-corrected chi connectivity index (χ1v) is 7.17. The smallest absolute Gasteiger partial charge is 0.255 e. The maximum absolute atomic E-state index is 14.1. The Labute approximate surface area is 123 Å². The summed E-state index contributed by atoms with van der Waals surface area (Å²) in [6, 6.07) is 4.14. The third-order valence-electron chi connectivity index (χ3n) is 3.23. The number of nitrogens with one attached hydrogen (secondary N) is 1. The van der Waals surface area contributed by atoms with E-state index >= 15 is 0 Å². The molecule has 120 valence electrons. The van der Waals surface area contributed by atoms with Crippen molar-refractivity contribution in [3.05, 3.63) is 29.6 Å². The second-order valence-corrected chi connectivity index (χ2v) is 4.91. The topological polar surface area (TPSA) is 35.5 Å².